The zero-order chi connectivity index (χ0) is 32.5. The topological polar surface area (TPSA) is 76.0 Å². The summed E-state index contributed by atoms with van der Waals surface area (Å²) in [5, 5.41) is 4.50. The number of fused-ring (bicyclic) bond motifs is 1. The van der Waals surface area contributed by atoms with Crippen molar-refractivity contribution < 1.29 is 19.1 Å². The van der Waals surface area contributed by atoms with Crippen molar-refractivity contribution in [1.82, 2.24) is 14.4 Å². The van der Waals surface area contributed by atoms with Crippen molar-refractivity contribution in [1.29, 1.82) is 0 Å². The Kier molecular flexibility index (Phi) is 10.3. The van der Waals surface area contributed by atoms with E-state index >= 15 is 0 Å². The molecule has 3 aliphatic rings. The molecule has 1 aliphatic carbocycles. The Morgan fingerprint density at radius 3 is 2.43 bits per heavy atom. The van der Waals surface area contributed by atoms with Crippen LogP contribution in [0.1, 0.15) is 68.8 Å². The molecule has 3 aromatic rings. The van der Waals surface area contributed by atoms with Crippen LogP contribution in [0, 0.1) is 5.92 Å². The number of benzene rings is 2. The number of nitrogens with zero attached hydrogens (tertiary/aromatic N) is 3. The van der Waals surface area contributed by atoms with Gasteiger partial charge in [0.15, 0.2) is 0 Å². The summed E-state index contributed by atoms with van der Waals surface area (Å²) in [5.74, 6) is 0.491. The molecule has 46 heavy (non-hydrogen) atoms. The lowest BCUT2D eigenvalue weighted by molar-refractivity contribution is -0.133. The Balaban J connectivity index is 1.15. The molecule has 8 nitrogen and oxygen atoms in total. The summed E-state index contributed by atoms with van der Waals surface area (Å²) in [6.45, 7) is 9.46. The Morgan fingerprint density at radius 2 is 1.70 bits per heavy atom. The number of carbonyl (C=O) groups excluding carboxylic acids is 2. The average Bonchev–Trinajstić information content (AvgIpc) is 3.60. The molecule has 0 spiro atoms. The summed E-state index contributed by atoms with van der Waals surface area (Å²) in [4.78, 5) is 31.7. The van der Waals surface area contributed by atoms with Gasteiger partial charge in [-0.25, -0.2) is 0 Å². The number of hydrogen-bond donors (Lipinski definition) is 1. The van der Waals surface area contributed by atoms with E-state index in [9.17, 15) is 9.59 Å². The fourth-order valence-electron chi connectivity index (χ4n) is 7.58. The van der Waals surface area contributed by atoms with Gasteiger partial charge in [0, 0.05) is 54.8 Å². The number of aromatic nitrogens is 1. The van der Waals surface area contributed by atoms with Crippen LogP contribution in [0.15, 0.2) is 42.6 Å². The van der Waals surface area contributed by atoms with Crippen molar-refractivity contribution in [2.75, 3.05) is 31.6 Å². The van der Waals surface area contributed by atoms with E-state index in [-0.39, 0.29) is 48.6 Å². The third-order valence-corrected chi connectivity index (χ3v) is 10.7. The number of halogens is 2. The number of carbonyl (C=O) groups is 2. The molecule has 1 N–H and O–H groups in total. The summed E-state index contributed by atoms with van der Waals surface area (Å²) >= 11 is 13.4. The minimum absolute atomic E-state index is 0.00110. The highest BCUT2D eigenvalue weighted by Gasteiger charge is 2.40. The summed E-state index contributed by atoms with van der Waals surface area (Å²) in [7, 11) is 1.91. The van der Waals surface area contributed by atoms with Crippen LogP contribution in [-0.2, 0) is 27.7 Å². The lowest BCUT2D eigenvalue weighted by atomic mass is 9.89. The van der Waals surface area contributed by atoms with E-state index in [0.717, 1.165) is 49.2 Å². The van der Waals surface area contributed by atoms with Crippen LogP contribution in [0.2, 0.25) is 10.0 Å². The van der Waals surface area contributed by atoms with Gasteiger partial charge in [-0.15, -0.1) is 0 Å². The fraction of sp³-hybridized carbons (Fsp3) is 0.556. The molecule has 2 aromatic carbocycles. The molecule has 248 valence electrons. The predicted molar refractivity (Wildman–Crippen MR) is 184 cm³/mol. The second kappa shape index (κ2) is 14.2. The van der Waals surface area contributed by atoms with Crippen molar-refractivity contribution in [3.05, 3.63) is 63.8 Å². The Bertz CT molecular complexity index is 1560. The van der Waals surface area contributed by atoms with Crippen LogP contribution in [-0.4, -0.2) is 82.8 Å². The summed E-state index contributed by atoms with van der Waals surface area (Å²) in [6.07, 6.45) is 7.95. The molecule has 0 unspecified atom stereocenters. The summed E-state index contributed by atoms with van der Waals surface area (Å²) in [6, 6.07) is 11.3. The molecule has 2 saturated heterocycles. The minimum atomic E-state index is -0.274. The van der Waals surface area contributed by atoms with E-state index in [1.54, 1.807) is 18.3 Å². The Labute approximate surface area is 282 Å². The predicted octanol–water partition coefficient (Wildman–Crippen LogP) is 6.95. The molecule has 1 saturated carbocycles. The number of para-hydroxylation sites is 1. The number of ether oxygens (including phenoxy) is 2. The first-order valence-corrected chi connectivity index (χ1v) is 17.4. The largest absolute Gasteiger partial charge is 0.376 e. The van der Waals surface area contributed by atoms with Crippen molar-refractivity contribution in [3.63, 3.8) is 0 Å². The highest BCUT2D eigenvalue weighted by atomic mass is 35.5. The monoisotopic (exact) mass is 668 g/mol. The lowest BCUT2D eigenvalue weighted by Gasteiger charge is -2.38. The van der Waals surface area contributed by atoms with Crippen LogP contribution in [0.4, 0.5) is 5.69 Å². The van der Waals surface area contributed by atoms with E-state index in [1.165, 1.54) is 12.8 Å². The SMILES string of the molecule is CC1CCC(OC[C@@H]2C[C@H](N3C[C@@H](C)O[C@@H](C)C3)CN2C(=O)Cc2cc(Cl)c(NC(=O)c3cn(C)c4ccccc34)cc2Cl)CC1. The molecule has 3 fully saturated rings. The number of nitrogens with one attached hydrogen (secondary N) is 1. The van der Waals surface area contributed by atoms with Gasteiger partial charge >= 0.3 is 0 Å². The van der Waals surface area contributed by atoms with Gasteiger partial charge < -0.3 is 24.3 Å². The van der Waals surface area contributed by atoms with Gasteiger partial charge in [-0.05, 0) is 75.6 Å². The van der Waals surface area contributed by atoms with Gasteiger partial charge in [-0.3, -0.25) is 14.5 Å². The molecular formula is C36H46Cl2N4O4. The molecule has 1 aromatic heterocycles. The van der Waals surface area contributed by atoms with E-state index in [1.807, 2.05) is 40.8 Å². The summed E-state index contributed by atoms with van der Waals surface area (Å²) in [5.41, 5.74) is 2.56. The quantitative estimate of drug-likeness (QED) is 0.281. The number of aryl methyl sites for hydroxylation is 1. The second-order valence-electron chi connectivity index (χ2n) is 13.7. The van der Waals surface area contributed by atoms with Gasteiger partial charge in [0.05, 0.1) is 53.7 Å². The maximum Gasteiger partial charge on any atom is 0.257 e. The van der Waals surface area contributed by atoms with Crippen LogP contribution < -0.4 is 5.32 Å². The van der Waals surface area contributed by atoms with Crippen LogP contribution in [0.5, 0.6) is 0 Å². The van der Waals surface area contributed by atoms with Gasteiger partial charge in [0.2, 0.25) is 5.91 Å². The fourth-order valence-corrected chi connectivity index (χ4v) is 8.04. The van der Waals surface area contributed by atoms with Crippen molar-refractivity contribution in [2.45, 2.75) is 89.7 Å². The molecule has 3 heterocycles. The molecule has 4 atom stereocenters. The number of morpholine rings is 1. The number of likely N-dealkylation sites (tertiary alicyclic amines) is 1. The normalized spacial score (nSPS) is 27.3. The first-order valence-electron chi connectivity index (χ1n) is 16.7. The molecule has 2 amide bonds. The molecule has 10 heteroatoms. The molecule has 6 rings (SSSR count). The Morgan fingerprint density at radius 1 is 0.978 bits per heavy atom. The number of amides is 2. The summed E-state index contributed by atoms with van der Waals surface area (Å²) < 4.78 is 14.4. The molecule has 0 bridgehead atoms. The highest BCUT2D eigenvalue weighted by molar-refractivity contribution is 6.36. The number of rotatable bonds is 8. The average molecular weight is 670 g/mol. The standard InChI is InChI=1S/C36H46Cl2N4O4/c1-22-9-11-28(12-10-22)45-21-27-15-26(41-17-23(2)46-24(3)18-41)19-42(27)35(43)14-25-13-32(38)33(16-31(25)37)39-36(44)30-20-40(4)34-8-6-5-7-29(30)34/h5-8,13,16,20,22-24,26-28H,9-12,14-15,17-19,21H2,1-4H3,(H,39,44)/t22?,23-,24+,26-,27-,28?/m0/s1. The lowest BCUT2D eigenvalue weighted by Crippen LogP contribution is -2.51. The van der Waals surface area contributed by atoms with E-state index in [4.69, 9.17) is 32.7 Å². The van der Waals surface area contributed by atoms with Gasteiger partial charge in [-0.2, -0.15) is 0 Å². The van der Waals surface area contributed by atoms with E-state index in [0.29, 0.717) is 40.0 Å². The molecular weight excluding hydrogens is 623 g/mol. The highest BCUT2D eigenvalue weighted by Crippen LogP contribution is 2.33. The number of anilines is 1. The number of hydrogen-bond acceptors (Lipinski definition) is 5. The van der Waals surface area contributed by atoms with Crippen molar-refractivity contribution in [3.8, 4) is 0 Å². The van der Waals surface area contributed by atoms with Gasteiger partial charge in [0.25, 0.3) is 5.91 Å². The Hall–Kier alpha value is -2.62. The van der Waals surface area contributed by atoms with E-state index in [2.05, 4.69) is 31.0 Å². The van der Waals surface area contributed by atoms with Crippen LogP contribution in [0.25, 0.3) is 10.9 Å². The third kappa shape index (κ3) is 7.42. The van der Waals surface area contributed by atoms with Gasteiger partial charge in [-0.1, -0.05) is 48.3 Å². The smallest absolute Gasteiger partial charge is 0.257 e. The minimum Gasteiger partial charge on any atom is -0.376 e. The maximum absolute atomic E-state index is 14.0. The first-order chi connectivity index (χ1) is 22.0. The van der Waals surface area contributed by atoms with Crippen molar-refractivity contribution in [2.24, 2.45) is 13.0 Å². The third-order valence-electron chi connectivity index (χ3n) is 10.0. The zero-order valence-corrected chi connectivity index (χ0v) is 28.8. The molecule has 0 radical (unpaired) electrons. The van der Waals surface area contributed by atoms with Crippen LogP contribution in [0.3, 0.4) is 0 Å². The zero-order valence-electron chi connectivity index (χ0n) is 27.3. The van der Waals surface area contributed by atoms with E-state index < -0.39 is 0 Å². The second-order valence-corrected chi connectivity index (χ2v) is 14.6. The van der Waals surface area contributed by atoms with Gasteiger partial charge in [0.1, 0.15) is 0 Å². The first kappa shape index (κ1) is 33.3. The van der Waals surface area contributed by atoms with Crippen LogP contribution >= 0.6 is 23.2 Å². The molecule has 2 aliphatic heterocycles. The maximum atomic E-state index is 14.0. The van der Waals surface area contributed by atoms with Crippen molar-refractivity contribution >= 4 is 51.6 Å².